The molecule has 0 aliphatic rings. The molecule has 4 aromatic carbocycles. The third-order valence-electron chi connectivity index (χ3n) is 6.10. The van der Waals surface area contributed by atoms with Crippen LogP contribution in [-0.4, -0.2) is 0 Å². The van der Waals surface area contributed by atoms with E-state index >= 15 is 0 Å². The Morgan fingerprint density at radius 1 is 0.424 bits per heavy atom. The van der Waals surface area contributed by atoms with E-state index in [0.717, 1.165) is 0 Å². The van der Waals surface area contributed by atoms with Gasteiger partial charge in [0.1, 0.15) is 0 Å². The van der Waals surface area contributed by atoms with Gasteiger partial charge < -0.3 is 0 Å². The topological polar surface area (TPSA) is 9.23 Å². The zero-order chi connectivity index (χ0) is 22.9. The van der Waals surface area contributed by atoms with Crippen molar-refractivity contribution in [3.63, 3.8) is 0 Å². The summed E-state index contributed by atoms with van der Waals surface area (Å²) in [4.78, 5) is 0. The Labute approximate surface area is 207 Å². The number of hydrogen-bond acceptors (Lipinski definition) is 3. The molecule has 0 aromatic heterocycles. The first-order valence-electron chi connectivity index (χ1n) is 11.4. The highest BCUT2D eigenvalue weighted by atomic mass is 32.2. The molecule has 0 heterocycles. The maximum absolute atomic E-state index is 6.39. The Morgan fingerprint density at radius 3 is 1.00 bits per heavy atom. The molecule has 0 saturated carbocycles. The van der Waals surface area contributed by atoms with Crippen molar-refractivity contribution in [3.8, 4) is 0 Å². The van der Waals surface area contributed by atoms with E-state index in [1.165, 1.54) is 22.3 Å². The lowest BCUT2D eigenvalue weighted by molar-refractivity contribution is 0.656. The van der Waals surface area contributed by atoms with E-state index in [9.17, 15) is 0 Å². The first kappa shape index (κ1) is 23.7. The van der Waals surface area contributed by atoms with E-state index in [2.05, 4.69) is 135 Å². The van der Waals surface area contributed by atoms with E-state index in [0.29, 0.717) is 11.8 Å². The summed E-state index contributed by atoms with van der Waals surface area (Å²) >= 11 is 3.15. The van der Waals surface area contributed by atoms with E-state index in [1.54, 1.807) is 24.1 Å². The summed E-state index contributed by atoms with van der Waals surface area (Å²) in [5.41, 5.74) is 5.22. The Bertz CT molecular complexity index is 982. The molecule has 4 atom stereocenters. The molecule has 4 aromatic rings. The normalized spacial score (nSPS) is 14.8. The Morgan fingerprint density at radius 2 is 0.697 bits per heavy atom. The van der Waals surface area contributed by atoms with Gasteiger partial charge in [-0.1, -0.05) is 135 Å². The summed E-state index contributed by atoms with van der Waals surface area (Å²) in [6, 6.07) is 42.8. The Hall–Kier alpha value is -2.46. The van der Waals surface area contributed by atoms with Crippen LogP contribution in [0.15, 0.2) is 121 Å². The minimum Gasteiger partial charge on any atom is -0.246 e. The fraction of sp³-hybridized carbons (Fsp3) is 0.200. The van der Waals surface area contributed by atoms with Gasteiger partial charge in [-0.15, -0.1) is 0 Å². The molecular formula is C30H30OS2. The SMILES string of the molecule is CC(c1ccccc1)C(SOSC(c1ccccc1)C(C)c1ccccc1)c1ccccc1. The van der Waals surface area contributed by atoms with Crippen molar-refractivity contribution in [2.45, 2.75) is 36.2 Å². The highest BCUT2D eigenvalue weighted by Gasteiger charge is 2.26. The third-order valence-corrected chi connectivity index (χ3v) is 8.51. The summed E-state index contributed by atoms with van der Waals surface area (Å²) in [5.74, 6) is 0.641. The van der Waals surface area contributed by atoms with Gasteiger partial charge in [0.05, 0.1) is 10.5 Å². The molecule has 0 amide bonds. The van der Waals surface area contributed by atoms with Gasteiger partial charge in [-0.2, -0.15) is 0 Å². The van der Waals surface area contributed by atoms with Gasteiger partial charge in [0.2, 0.25) is 0 Å². The van der Waals surface area contributed by atoms with Crippen LogP contribution in [-0.2, 0) is 3.63 Å². The van der Waals surface area contributed by atoms with Crippen molar-refractivity contribution in [2.75, 3.05) is 0 Å². The maximum atomic E-state index is 6.39. The average Bonchev–Trinajstić information content (AvgIpc) is 2.90. The van der Waals surface area contributed by atoms with Crippen molar-refractivity contribution >= 4 is 24.1 Å². The molecule has 168 valence electrons. The van der Waals surface area contributed by atoms with E-state index in [-0.39, 0.29) is 10.5 Å². The van der Waals surface area contributed by atoms with E-state index in [4.69, 9.17) is 3.63 Å². The summed E-state index contributed by atoms with van der Waals surface area (Å²) in [6.45, 7) is 4.57. The summed E-state index contributed by atoms with van der Waals surface area (Å²) in [7, 11) is 0. The summed E-state index contributed by atoms with van der Waals surface area (Å²) in [6.07, 6.45) is 0. The van der Waals surface area contributed by atoms with Crippen LogP contribution in [0.25, 0.3) is 0 Å². The van der Waals surface area contributed by atoms with Gasteiger partial charge >= 0.3 is 0 Å². The van der Waals surface area contributed by atoms with Crippen LogP contribution in [0.1, 0.15) is 58.4 Å². The highest BCUT2D eigenvalue weighted by molar-refractivity contribution is 8.08. The second kappa shape index (κ2) is 12.1. The Kier molecular flexibility index (Phi) is 8.71. The Balaban J connectivity index is 1.53. The van der Waals surface area contributed by atoms with Crippen LogP contribution in [0, 0.1) is 0 Å². The maximum Gasteiger partial charge on any atom is 0.0638 e. The molecule has 0 aliphatic heterocycles. The second-order valence-corrected chi connectivity index (χ2v) is 10.3. The number of benzene rings is 4. The largest absolute Gasteiger partial charge is 0.246 e. The summed E-state index contributed by atoms with van der Waals surface area (Å²) in [5, 5.41) is 0.397. The van der Waals surface area contributed by atoms with Crippen LogP contribution in [0.3, 0.4) is 0 Å². The zero-order valence-corrected chi connectivity index (χ0v) is 20.7. The number of hydrogen-bond donors (Lipinski definition) is 0. The van der Waals surface area contributed by atoms with Crippen LogP contribution in [0.4, 0.5) is 0 Å². The molecule has 0 fully saturated rings. The lowest BCUT2D eigenvalue weighted by Crippen LogP contribution is -2.07. The van der Waals surface area contributed by atoms with Crippen molar-refractivity contribution in [1.82, 2.24) is 0 Å². The zero-order valence-electron chi connectivity index (χ0n) is 19.1. The van der Waals surface area contributed by atoms with Crippen molar-refractivity contribution in [3.05, 3.63) is 144 Å². The molecule has 0 bridgehead atoms. The standard InChI is InChI=1S/C30H30OS2/c1-23(25-15-7-3-8-16-25)29(27-19-11-5-12-20-27)32-31-33-30(28-21-13-6-14-22-28)24(2)26-17-9-4-10-18-26/h3-24,29-30H,1-2H3. The highest BCUT2D eigenvalue weighted by Crippen LogP contribution is 2.48. The van der Waals surface area contributed by atoms with Gasteiger partial charge in [-0.05, 0) is 34.1 Å². The summed E-state index contributed by atoms with van der Waals surface area (Å²) < 4.78 is 6.39. The van der Waals surface area contributed by atoms with Gasteiger partial charge in [0, 0.05) is 24.1 Å². The molecule has 33 heavy (non-hydrogen) atoms. The molecule has 4 unspecified atom stereocenters. The minimum absolute atomic E-state index is 0.199. The third kappa shape index (κ3) is 6.32. The molecule has 4 rings (SSSR count). The molecule has 0 spiro atoms. The van der Waals surface area contributed by atoms with Crippen LogP contribution < -0.4 is 0 Å². The van der Waals surface area contributed by atoms with E-state index in [1.807, 2.05) is 0 Å². The van der Waals surface area contributed by atoms with Crippen LogP contribution >= 0.6 is 24.1 Å². The monoisotopic (exact) mass is 470 g/mol. The fourth-order valence-corrected chi connectivity index (χ4v) is 6.15. The quantitative estimate of drug-likeness (QED) is 0.214. The lowest BCUT2D eigenvalue weighted by atomic mass is 9.93. The van der Waals surface area contributed by atoms with Gasteiger partial charge in [-0.25, -0.2) is 3.63 Å². The van der Waals surface area contributed by atoms with Gasteiger partial charge in [-0.3, -0.25) is 0 Å². The molecular weight excluding hydrogens is 440 g/mol. The molecule has 0 N–H and O–H groups in total. The lowest BCUT2D eigenvalue weighted by Gasteiger charge is -2.26. The van der Waals surface area contributed by atoms with Crippen LogP contribution in [0.5, 0.6) is 0 Å². The molecule has 0 saturated heterocycles. The predicted molar refractivity (Wildman–Crippen MR) is 144 cm³/mol. The molecule has 0 aliphatic carbocycles. The van der Waals surface area contributed by atoms with Crippen molar-refractivity contribution < 1.29 is 3.63 Å². The molecule has 3 heteroatoms. The van der Waals surface area contributed by atoms with Gasteiger partial charge in [0.15, 0.2) is 0 Å². The first-order valence-corrected chi connectivity index (χ1v) is 13.0. The minimum atomic E-state index is 0.199. The first-order chi connectivity index (χ1) is 16.2. The fourth-order valence-electron chi connectivity index (χ4n) is 4.11. The van der Waals surface area contributed by atoms with Crippen molar-refractivity contribution in [2.24, 2.45) is 0 Å². The van der Waals surface area contributed by atoms with Crippen molar-refractivity contribution in [1.29, 1.82) is 0 Å². The second-order valence-electron chi connectivity index (χ2n) is 8.32. The molecule has 1 nitrogen and oxygen atoms in total. The van der Waals surface area contributed by atoms with Gasteiger partial charge in [0.25, 0.3) is 0 Å². The predicted octanol–water partition coefficient (Wildman–Crippen LogP) is 9.39. The average molecular weight is 471 g/mol. The molecule has 0 radical (unpaired) electrons. The number of rotatable bonds is 10. The smallest absolute Gasteiger partial charge is 0.0638 e. The van der Waals surface area contributed by atoms with Crippen LogP contribution in [0.2, 0.25) is 0 Å². The van der Waals surface area contributed by atoms with E-state index < -0.39 is 0 Å².